The number of benzene rings is 1. The van der Waals surface area contributed by atoms with Crippen LogP contribution >= 0.6 is 0 Å². The first kappa shape index (κ1) is 14.0. The zero-order chi connectivity index (χ0) is 13.7. The minimum atomic E-state index is -0.900. The van der Waals surface area contributed by atoms with Crippen molar-refractivity contribution in [3.05, 3.63) is 23.3 Å². The number of ketones is 1. The average molecular weight is 252 g/mol. The lowest BCUT2D eigenvalue weighted by molar-refractivity contribution is -0.137. The third-order valence-corrected chi connectivity index (χ3v) is 2.39. The molecule has 1 aromatic rings. The first-order chi connectivity index (χ1) is 8.54. The zero-order valence-corrected chi connectivity index (χ0v) is 10.9. The highest BCUT2D eigenvalue weighted by atomic mass is 16.5. The monoisotopic (exact) mass is 252 g/mol. The third-order valence-electron chi connectivity index (χ3n) is 2.39. The van der Waals surface area contributed by atoms with E-state index in [1.807, 2.05) is 0 Å². The van der Waals surface area contributed by atoms with E-state index in [-0.39, 0.29) is 12.2 Å². The van der Waals surface area contributed by atoms with E-state index in [2.05, 4.69) is 4.74 Å². The average Bonchev–Trinajstić information content (AvgIpc) is 2.37. The SMILES string of the molecule is CCOC(=O)C(=O)c1cc(OC)cc(C)c1OC. The van der Waals surface area contributed by atoms with Gasteiger partial charge in [0.05, 0.1) is 26.4 Å². The number of carbonyl (C=O) groups excluding carboxylic acids is 2. The second-order valence-electron chi connectivity index (χ2n) is 3.57. The maximum Gasteiger partial charge on any atom is 0.379 e. The van der Waals surface area contributed by atoms with Gasteiger partial charge in [-0.1, -0.05) is 0 Å². The Bertz CT molecular complexity index is 465. The highest BCUT2D eigenvalue weighted by molar-refractivity contribution is 6.41. The van der Waals surface area contributed by atoms with Crippen LogP contribution in [0.15, 0.2) is 12.1 Å². The van der Waals surface area contributed by atoms with Crippen LogP contribution in [0.1, 0.15) is 22.8 Å². The Morgan fingerprint density at radius 3 is 2.33 bits per heavy atom. The second kappa shape index (κ2) is 6.05. The number of rotatable bonds is 5. The van der Waals surface area contributed by atoms with Crippen molar-refractivity contribution < 1.29 is 23.8 Å². The van der Waals surface area contributed by atoms with Gasteiger partial charge < -0.3 is 14.2 Å². The minimum absolute atomic E-state index is 0.146. The summed E-state index contributed by atoms with van der Waals surface area (Å²) in [6, 6.07) is 3.19. The number of esters is 1. The lowest BCUT2D eigenvalue weighted by Crippen LogP contribution is -2.18. The van der Waals surface area contributed by atoms with Crippen molar-refractivity contribution in [3.8, 4) is 11.5 Å². The fourth-order valence-corrected chi connectivity index (χ4v) is 1.60. The van der Waals surface area contributed by atoms with E-state index in [0.29, 0.717) is 17.1 Å². The van der Waals surface area contributed by atoms with E-state index < -0.39 is 11.8 Å². The Balaban J connectivity index is 3.24. The van der Waals surface area contributed by atoms with Crippen molar-refractivity contribution in [1.82, 2.24) is 0 Å². The summed E-state index contributed by atoms with van der Waals surface area (Å²) >= 11 is 0. The van der Waals surface area contributed by atoms with Gasteiger partial charge in [-0.3, -0.25) is 4.79 Å². The van der Waals surface area contributed by atoms with Crippen LogP contribution < -0.4 is 9.47 Å². The van der Waals surface area contributed by atoms with Crippen molar-refractivity contribution in [2.75, 3.05) is 20.8 Å². The number of ether oxygens (including phenoxy) is 3. The topological polar surface area (TPSA) is 61.8 Å². The molecule has 5 heteroatoms. The molecule has 0 saturated heterocycles. The highest BCUT2D eigenvalue weighted by Gasteiger charge is 2.23. The quantitative estimate of drug-likeness (QED) is 0.454. The molecule has 1 aromatic carbocycles. The zero-order valence-electron chi connectivity index (χ0n) is 10.9. The fraction of sp³-hybridized carbons (Fsp3) is 0.385. The van der Waals surface area contributed by atoms with E-state index in [9.17, 15) is 9.59 Å². The summed E-state index contributed by atoms with van der Waals surface area (Å²) in [5.41, 5.74) is 0.859. The number of carbonyl (C=O) groups is 2. The Morgan fingerprint density at radius 1 is 1.17 bits per heavy atom. The van der Waals surface area contributed by atoms with Crippen LogP contribution in [0.3, 0.4) is 0 Å². The molecule has 0 heterocycles. The van der Waals surface area contributed by atoms with Gasteiger partial charge >= 0.3 is 5.97 Å². The van der Waals surface area contributed by atoms with Crippen molar-refractivity contribution >= 4 is 11.8 Å². The summed E-state index contributed by atoms with van der Waals surface area (Å²) in [6.45, 7) is 3.55. The molecule has 1 rings (SSSR count). The molecule has 0 fully saturated rings. The fourth-order valence-electron chi connectivity index (χ4n) is 1.60. The smallest absolute Gasteiger partial charge is 0.379 e. The van der Waals surface area contributed by atoms with E-state index in [1.165, 1.54) is 20.3 Å². The van der Waals surface area contributed by atoms with Crippen LogP contribution in [-0.4, -0.2) is 32.6 Å². The summed E-state index contributed by atoms with van der Waals surface area (Å²) < 4.78 is 14.9. The number of aryl methyl sites for hydroxylation is 1. The van der Waals surface area contributed by atoms with E-state index in [0.717, 1.165) is 0 Å². The van der Waals surface area contributed by atoms with Gasteiger partial charge in [0.15, 0.2) is 0 Å². The Hall–Kier alpha value is -2.04. The lowest BCUT2D eigenvalue weighted by atomic mass is 10.1. The predicted molar refractivity (Wildman–Crippen MR) is 65.2 cm³/mol. The maximum atomic E-state index is 11.9. The molecule has 0 atom stereocenters. The van der Waals surface area contributed by atoms with Crippen LogP contribution in [0.4, 0.5) is 0 Å². The third kappa shape index (κ3) is 2.80. The molecule has 0 saturated carbocycles. The molecular formula is C13H16O5. The van der Waals surface area contributed by atoms with Gasteiger partial charge in [-0.15, -0.1) is 0 Å². The molecule has 0 aliphatic heterocycles. The van der Waals surface area contributed by atoms with Gasteiger partial charge in [0.1, 0.15) is 11.5 Å². The molecule has 0 spiro atoms. The van der Waals surface area contributed by atoms with Crippen LogP contribution in [0.5, 0.6) is 11.5 Å². The molecule has 5 nitrogen and oxygen atoms in total. The van der Waals surface area contributed by atoms with Crippen molar-refractivity contribution in [3.63, 3.8) is 0 Å². The van der Waals surface area contributed by atoms with Crippen LogP contribution in [0.2, 0.25) is 0 Å². The Labute approximate surface area is 106 Å². The standard InChI is InChI=1S/C13H16O5/c1-5-18-13(15)11(14)10-7-9(16-3)6-8(2)12(10)17-4/h6-7H,5H2,1-4H3. The van der Waals surface area contributed by atoms with Crippen LogP contribution in [0.25, 0.3) is 0 Å². The summed E-state index contributed by atoms with van der Waals surface area (Å²) in [4.78, 5) is 23.4. The normalized spacial score (nSPS) is 9.78. The molecule has 0 radical (unpaired) electrons. The number of hydrogen-bond acceptors (Lipinski definition) is 5. The van der Waals surface area contributed by atoms with Gasteiger partial charge in [-0.2, -0.15) is 0 Å². The molecule has 0 N–H and O–H groups in total. The second-order valence-corrected chi connectivity index (χ2v) is 3.57. The number of hydrogen-bond donors (Lipinski definition) is 0. The molecule has 0 unspecified atom stereocenters. The summed E-state index contributed by atoms with van der Waals surface area (Å²) in [6.07, 6.45) is 0. The first-order valence-corrected chi connectivity index (χ1v) is 5.49. The molecule has 0 amide bonds. The predicted octanol–water partition coefficient (Wildman–Crippen LogP) is 1.76. The van der Waals surface area contributed by atoms with Crippen LogP contribution in [-0.2, 0) is 9.53 Å². The van der Waals surface area contributed by atoms with Gasteiger partial charge in [-0.25, -0.2) is 4.79 Å². The van der Waals surface area contributed by atoms with Gasteiger partial charge in [0, 0.05) is 0 Å². The molecule has 0 aliphatic carbocycles. The molecule has 18 heavy (non-hydrogen) atoms. The highest BCUT2D eigenvalue weighted by Crippen LogP contribution is 2.29. The number of Topliss-reactive ketones (excluding diaryl/α,β-unsaturated/α-hetero) is 1. The maximum absolute atomic E-state index is 11.9. The van der Waals surface area contributed by atoms with Crippen LogP contribution in [0, 0.1) is 6.92 Å². The van der Waals surface area contributed by atoms with Gasteiger partial charge in [0.25, 0.3) is 5.78 Å². The summed E-state index contributed by atoms with van der Waals surface area (Å²) in [5, 5.41) is 0. The largest absolute Gasteiger partial charge is 0.497 e. The Kier molecular flexibility index (Phi) is 4.71. The Morgan fingerprint density at radius 2 is 1.83 bits per heavy atom. The van der Waals surface area contributed by atoms with E-state index >= 15 is 0 Å². The molecule has 0 aromatic heterocycles. The molecular weight excluding hydrogens is 236 g/mol. The van der Waals surface area contributed by atoms with Crippen molar-refractivity contribution in [2.24, 2.45) is 0 Å². The van der Waals surface area contributed by atoms with Crippen molar-refractivity contribution in [1.29, 1.82) is 0 Å². The lowest BCUT2D eigenvalue weighted by Gasteiger charge is -2.12. The first-order valence-electron chi connectivity index (χ1n) is 5.49. The van der Waals surface area contributed by atoms with Gasteiger partial charge in [-0.05, 0) is 31.5 Å². The van der Waals surface area contributed by atoms with Crippen molar-refractivity contribution in [2.45, 2.75) is 13.8 Å². The van der Waals surface area contributed by atoms with Gasteiger partial charge in [0.2, 0.25) is 0 Å². The van der Waals surface area contributed by atoms with E-state index in [4.69, 9.17) is 9.47 Å². The molecule has 0 bridgehead atoms. The molecule has 0 aliphatic rings. The summed E-state index contributed by atoms with van der Waals surface area (Å²) in [5.74, 6) is -0.797. The molecule has 98 valence electrons. The minimum Gasteiger partial charge on any atom is -0.497 e. The number of methoxy groups -OCH3 is 2. The van der Waals surface area contributed by atoms with E-state index in [1.54, 1.807) is 19.9 Å². The summed E-state index contributed by atoms with van der Waals surface area (Å²) in [7, 11) is 2.93.